The maximum atomic E-state index is 3.24. The van der Waals surface area contributed by atoms with Gasteiger partial charge in [-0.1, -0.05) is 24.3 Å². The summed E-state index contributed by atoms with van der Waals surface area (Å²) in [6.45, 7) is 4.77. The number of hydrogen-bond acceptors (Lipinski definition) is 2. The van der Waals surface area contributed by atoms with E-state index in [1.54, 1.807) is 0 Å². The van der Waals surface area contributed by atoms with Crippen molar-refractivity contribution in [2.75, 3.05) is 20.1 Å². The Bertz CT molecular complexity index is 393. The van der Waals surface area contributed by atoms with Gasteiger partial charge in [0.2, 0.25) is 0 Å². The van der Waals surface area contributed by atoms with E-state index in [-0.39, 0.29) is 0 Å². The Morgan fingerprint density at radius 3 is 2.26 bits per heavy atom. The van der Waals surface area contributed by atoms with Gasteiger partial charge in [-0.2, -0.15) is 0 Å². The van der Waals surface area contributed by atoms with Gasteiger partial charge in [0.25, 0.3) is 0 Å². The van der Waals surface area contributed by atoms with Crippen LogP contribution in [0.25, 0.3) is 0 Å². The van der Waals surface area contributed by atoms with E-state index < -0.39 is 0 Å². The van der Waals surface area contributed by atoms with Crippen LogP contribution in [0.5, 0.6) is 0 Å². The Morgan fingerprint density at radius 2 is 1.68 bits per heavy atom. The molecule has 1 aromatic rings. The molecule has 0 unspecified atom stereocenters. The molecule has 0 spiro atoms. The smallest absolute Gasteiger partial charge is 0.0234 e. The first-order chi connectivity index (χ1) is 9.33. The van der Waals surface area contributed by atoms with Gasteiger partial charge < -0.3 is 5.32 Å². The van der Waals surface area contributed by atoms with Crippen LogP contribution in [0.4, 0.5) is 0 Å². The first kappa shape index (κ1) is 13.1. The fraction of sp³-hybridized carbons (Fsp3) is 0.647. The molecule has 2 aliphatic rings. The van der Waals surface area contributed by atoms with Gasteiger partial charge in [-0.05, 0) is 55.7 Å². The van der Waals surface area contributed by atoms with Gasteiger partial charge in [-0.15, -0.1) is 0 Å². The lowest BCUT2D eigenvalue weighted by Crippen LogP contribution is -2.27. The van der Waals surface area contributed by atoms with E-state index in [0.717, 1.165) is 24.9 Å². The maximum absolute atomic E-state index is 3.24. The van der Waals surface area contributed by atoms with E-state index in [4.69, 9.17) is 0 Å². The molecule has 1 aromatic carbocycles. The molecule has 0 bridgehead atoms. The average Bonchev–Trinajstić information content (AvgIpc) is 3.26. The van der Waals surface area contributed by atoms with Crippen molar-refractivity contribution in [2.45, 2.75) is 38.8 Å². The molecule has 0 amide bonds. The minimum atomic E-state index is 0.971. The molecule has 104 valence electrons. The summed E-state index contributed by atoms with van der Waals surface area (Å²) in [4.78, 5) is 2.70. The van der Waals surface area contributed by atoms with Crippen molar-refractivity contribution in [3.05, 3.63) is 35.4 Å². The number of benzene rings is 1. The Kier molecular flexibility index (Phi) is 4.19. The van der Waals surface area contributed by atoms with Gasteiger partial charge in [0.1, 0.15) is 0 Å². The van der Waals surface area contributed by atoms with E-state index in [1.807, 2.05) is 7.05 Å². The van der Waals surface area contributed by atoms with Crippen LogP contribution in [0.3, 0.4) is 0 Å². The minimum absolute atomic E-state index is 0.971. The molecule has 0 atom stereocenters. The SMILES string of the molecule is CNCc1cccc(CN(CC2CC2)CC2CC2)c1. The summed E-state index contributed by atoms with van der Waals surface area (Å²) in [5.74, 6) is 2.00. The Morgan fingerprint density at radius 1 is 1.05 bits per heavy atom. The van der Waals surface area contributed by atoms with Crippen molar-refractivity contribution >= 4 is 0 Å². The molecular weight excluding hydrogens is 232 g/mol. The molecule has 2 heteroatoms. The van der Waals surface area contributed by atoms with Gasteiger partial charge in [0, 0.05) is 26.2 Å². The van der Waals surface area contributed by atoms with Crippen LogP contribution < -0.4 is 5.32 Å². The van der Waals surface area contributed by atoms with Gasteiger partial charge in [-0.3, -0.25) is 4.90 Å². The standard InChI is InChI=1S/C17H26N2/c1-18-10-16-3-2-4-17(9-16)13-19(11-14-5-6-14)12-15-7-8-15/h2-4,9,14-15,18H,5-8,10-13H2,1H3. The molecule has 3 rings (SSSR count). The Hall–Kier alpha value is -0.860. The zero-order valence-corrected chi connectivity index (χ0v) is 12.1. The second kappa shape index (κ2) is 6.06. The van der Waals surface area contributed by atoms with Gasteiger partial charge >= 0.3 is 0 Å². The van der Waals surface area contributed by atoms with Crippen LogP contribution >= 0.6 is 0 Å². The monoisotopic (exact) mass is 258 g/mol. The van der Waals surface area contributed by atoms with Gasteiger partial charge in [0.15, 0.2) is 0 Å². The lowest BCUT2D eigenvalue weighted by molar-refractivity contribution is 0.244. The highest BCUT2D eigenvalue weighted by atomic mass is 15.1. The lowest BCUT2D eigenvalue weighted by atomic mass is 10.1. The van der Waals surface area contributed by atoms with E-state index in [0.29, 0.717) is 0 Å². The van der Waals surface area contributed by atoms with E-state index in [2.05, 4.69) is 34.5 Å². The largest absolute Gasteiger partial charge is 0.316 e. The molecular formula is C17H26N2. The van der Waals surface area contributed by atoms with Crippen molar-refractivity contribution < 1.29 is 0 Å². The topological polar surface area (TPSA) is 15.3 Å². The van der Waals surface area contributed by atoms with Crippen LogP contribution in [-0.4, -0.2) is 25.0 Å². The van der Waals surface area contributed by atoms with Gasteiger partial charge in [-0.25, -0.2) is 0 Å². The summed E-state index contributed by atoms with van der Waals surface area (Å²) in [5.41, 5.74) is 2.88. The third-order valence-corrected chi connectivity index (χ3v) is 4.21. The second-order valence-electron chi connectivity index (χ2n) is 6.43. The average molecular weight is 258 g/mol. The zero-order valence-electron chi connectivity index (χ0n) is 12.1. The molecule has 1 N–H and O–H groups in total. The van der Waals surface area contributed by atoms with Crippen LogP contribution in [-0.2, 0) is 13.1 Å². The molecule has 2 nitrogen and oxygen atoms in total. The summed E-state index contributed by atoms with van der Waals surface area (Å²) >= 11 is 0. The molecule has 2 aliphatic carbocycles. The summed E-state index contributed by atoms with van der Waals surface area (Å²) in [7, 11) is 2.01. The predicted octanol–water partition coefficient (Wildman–Crippen LogP) is 3.03. The van der Waals surface area contributed by atoms with Crippen LogP contribution in [0.1, 0.15) is 36.8 Å². The van der Waals surface area contributed by atoms with Gasteiger partial charge in [0.05, 0.1) is 0 Å². The molecule has 19 heavy (non-hydrogen) atoms. The molecule has 0 aliphatic heterocycles. The van der Waals surface area contributed by atoms with Crippen molar-refractivity contribution in [2.24, 2.45) is 11.8 Å². The van der Waals surface area contributed by atoms with E-state index >= 15 is 0 Å². The highest BCUT2D eigenvalue weighted by molar-refractivity contribution is 5.23. The third-order valence-electron chi connectivity index (χ3n) is 4.21. The number of nitrogens with one attached hydrogen (secondary N) is 1. The number of rotatable bonds is 8. The molecule has 0 saturated heterocycles. The molecule has 2 fully saturated rings. The first-order valence-electron chi connectivity index (χ1n) is 7.78. The fourth-order valence-corrected chi connectivity index (χ4v) is 2.84. The number of nitrogens with zero attached hydrogens (tertiary/aromatic N) is 1. The van der Waals surface area contributed by atoms with Crippen molar-refractivity contribution in [3.63, 3.8) is 0 Å². The molecule has 0 aromatic heterocycles. The van der Waals surface area contributed by atoms with Crippen LogP contribution in [0.15, 0.2) is 24.3 Å². The first-order valence-corrected chi connectivity index (χ1v) is 7.78. The summed E-state index contributed by atoms with van der Waals surface area (Å²) in [6, 6.07) is 9.07. The summed E-state index contributed by atoms with van der Waals surface area (Å²) < 4.78 is 0. The Labute approximate surface area is 117 Å². The zero-order chi connectivity index (χ0) is 13.1. The fourth-order valence-electron chi connectivity index (χ4n) is 2.84. The summed E-state index contributed by atoms with van der Waals surface area (Å²) in [5, 5.41) is 3.24. The minimum Gasteiger partial charge on any atom is -0.316 e. The Balaban J connectivity index is 1.60. The molecule has 2 saturated carbocycles. The highest BCUT2D eigenvalue weighted by Gasteiger charge is 2.29. The highest BCUT2D eigenvalue weighted by Crippen LogP contribution is 2.34. The molecule has 0 heterocycles. The second-order valence-corrected chi connectivity index (χ2v) is 6.43. The van der Waals surface area contributed by atoms with Crippen molar-refractivity contribution in [3.8, 4) is 0 Å². The van der Waals surface area contributed by atoms with Crippen molar-refractivity contribution in [1.82, 2.24) is 10.2 Å². The molecule has 0 radical (unpaired) electrons. The van der Waals surface area contributed by atoms with Crippen LogP contribution in [0.2, 0.25) is 0 Å². The third kappa shape index (κ3) is 4.32. The van der Waals surface area contributed by atoms with E-state index in [9.17, 15) is 0 Å². The van der Waals surface area contributed by atoms with Crippen LogP contribution in [0, 0.1) is 11.8 Å². The summed E-state index contributed by atoms with van der Waals surface area (Å²) in [6.07, 6.45) is 5.84. The maximum Gasteiger partial charge on any atom is 0.0234 e. The predicted molar refractivity (Wildman–Crippen MR) is 79.9 cm³/mol. The number of hydrogen-bond donors (Lipinski definition) is 1. The lowest BCUT2D eigenvalue weighted by Gasteiger charge is -2.22. The normalized spacial score (nSPS) is 19.1. The van der Waals surface area contributed by atoms with Crippen molar-refractivity contribution in [1.29, 1.82) is 0 Å². The quantitative estimate of drug-likeness (QED) is 0.771. The van der Waals surface area contributed by atoms with E-state index in [1.165, 1.54) is 49.9 Å².